The summed E-state index contributed by atoms with van der Waals surface area (Å²) in [4.78, 5) is 4.50. The Morgan fingerprint density at radius 2 is 2.40 bits per heavy atom. The van der Waals surface area contributed by atoms with Crippen LogP contribution in [-0.4, -0.2) is 35.7 Å². The molecule has 0 spiro atoms. The van der Waals surface area contributed by atoms with E-state index in [-0.39, 0.29) is 5.60 Å². The smallest absolute Gasteiger partial charge is 0.156 e. The van der Waals surface area contributed by atoms with Crippen LogP contribution in [-0.2, 0) is 4.74 Å². The SMILES string of the molecule is CC1(C)CC(NC2=NCCCS2)CCO1. The molecule has 1 N–H and O–H groups in total. The number of amidine groups is 1. The van der Waals surface area contributed by atoms with Crippen LogP contribution in [0.25, 0.3) is 0 Å². The Kier molecular flexibility index (Phi) is 3.57. The second kappa shape index (κ2) is 4.74. The molecule has 1 unspecified atom stereocenters. The summed E-state index contributed by atoms with van der Waals surface area (Å²) in [6.07, 6.45) is 3.39. The normalized spacial score (nSPS) is 30.8. The number of nitrogens with one attached hydrogen (secondary N) is 1. The molecule has 0 aromatic heterocycles. The van der Waals surface area contributed by atoms with Crippen LogP contribution in [0.1, 0.15) is 33.1 Å². The number of aliphatic imine (C=N–C) groups is 1. The van der Waals surface area contributed by atoms with Crippen molar-refractivity contribution in [2.45, 2.75) is 44.8 Å². The molecule has 0 radical (unpaired) electrons. The van der Waals surface area contributed by atoms with Crippen molar-refractivity contribution in [1.82, 2.24) is 5.32 Å². The first kappa shape index (κ1) is 11.3. The number of nitrogens with zero attached hydrogens (tertiary/aromatic N) is 1. The van der Waals surface area contributed by atoms with E-state index in [1.807, 2.05) is 11.8 Å². The van der Waals surface area contributed by atoms with Crippen molar-refractivity contribution < 1.29 is 4.74 Å². The standard InChI is InChI=1S/C11H20N2OS/c1-11(2)8-9(4-6-14-11)13-10-12-5-3-7-15-10/h9H,3-8H2,1-2H3,(H,12,13). The first-order valence-electron chi connectivity index (χ1n) is 5.73. The summed E-state index contributed by atoms with van der Waals surface area (Å²) in [5.74, 6) is 1.21. The number of thioether (sulfide) groups is 1. The summed E-state index contributed by atoms with van der Waals surface area (Å²) in [6.45, 7) is 6.18. The molecule has 2 heterocycles. The minimum atomic E-state index is 0.0236. The zero-order chi connectivity index (χ0) is 10.7. The molecule has 1 saturated heterocycles. The third-order valence-electron chi connectivity index (χ3n) is 2.82. The molecule has 0 aromatic carbocycles. The molecule has 1 atom stereocenters. The highest BCUT2D eigenvalue weighted by atomic mass is 32.2. The van der Waals surface area contributed by atoms with Gasteiger partial charge in [0, 0.05) is 24.9 Å². The maximum absolute atomic E-state index is 5.70. The molecule has 86 valence electrons. The van der Waals surface area contributed by atoms with E-state index in [0.717, 1.165) is 31.2 Å². The van der Waals surface area contributed by atoms with Gasteiger partial charge < -0.3 is 10.1 Å². The van der Waals surface area contributed by atoms with Crippen LogP contribution in [0, 0.1) is 0 Å². The molecule has 0 aliphatic carbocycles. The minimum absolute atomic E-state index is 0.0236. The fourth-order valence-corrected chi connectivity index (χ4v) is 2.98. The van der Waals surface area contributed by atoms with Gasteiger partial charge in [-0.25, -0.2) is 0 Å². The fraction of sp³-hybridized carbons (Fsp3) is 0.909. The van der Waals surface area contributed by atoms with Gasteiger partial charge in [0.05, 0.1) is 5.60 Å². The monoisotopic (exact) mass is 228 g/mol. The summed E-state index contributed by atoms with van der Waals surface area (Å²) in [5.41, 5.74) is 0.0236. The van der Waals surface area contributed by atoms with Crippen LogP contribution in [0.4, 0.5) is 0 Å². The van der Waals surface area contributed by atoms with Crippen LogP contribution < -0.4 is 5.32 Å². The predicted molar refractivity (Wildman–Crippen MR) is 65.6 cm³/mol. The minimum Gasteiger partial charge on any atom is -0.375 e. The molecule has 0 amide bonds. The Labute approximate surface area is 96.1 Å². The van der Waals surface area contributed by atoms with Crippen LogP contribution >= 0.6 is 11.8 Å². The van der Waals surface area contributed by atoms with Crippen LogP contribution in [0.2, 0.25) is 0 Å². The molecule has 0 bridgehead atoms. The quantitative estimate of drug-likeness (QED) is 0.745. The van der Waals surface area contributed by atoms with Gasteiger partial charge in [-0.05, 0) is 33.1 Å². The van der Waals surface area contributed by atoms with Gasteiger partial charge in [-0.15, -0.1) is 0 Å². The number of rotatable bonds is 1. The van der Waals surface area contributed by atoms with Crippen molar-refractivity contribution in [2.75, 3.05) is 18.9 Å². The largest absolute Gasteiger partial charge is 0.375 e. The third-order valence-corrected chi connectivity index (χ3v) is 3.83. The second-order valence-corrected chi connectivity index (χ2v) is 5.91. The zero-order valence-corrected chi connectivity index (χ0v) is 10.4. The van der Waals surface area contributed by atoms with Gasteiger partial charge in [0.2, 0.25) is 0 Å². The summed E-state index contributed by atoms with van der Waals surface area (Å²) in [5, 5.41) is 4.69. The highest BCUT2D eigenvalue weighted by Gasteiger charge is 2.29. The number of ether oxygens (including phenoxy) is 1. The lowest BCUT2D eigenvalue weighted by Crippen LogP contribution is -2.45. The Balaban J connectivity index is 1.86. The summed E-state index contributed by atoms with van der Waals surface area (Å²) >= 11 is 1.86. The van der Waals surface area contributed by atoms with Gasteiger partial charge in [0.1, 0.15) is 0 Å². The van der Waals surface area contributed by atoms with Gasteiger partial charge in [0.25, 0.3) is 0 Å². The zero-order valence-electron chi connectivity index (χ0n) is 9.58. The fourth-order valence-electron chi connectivity index (χ4n) is 2.08. The Morgan fingerprint density at radius 3 is 3.07 bits per heavy atom. The second-order valence-electron chi connectivity index (χ2n) is 4.83. The van der Waals surface area contributed by atoms with Crippen molar-refractivity contribution in [2.24, 2.45) is 4.99 Å². The topological polar surface area (TPSA) is 33.6 Å². The first-order valence-corrected chi connectivity index (χ1v) is 6.72. The first-order chi connectivity index (χ1) is 7.16. The molecule has 3 nitrogen and oxygen atoms in total. The van der Waals surface area contributed by atoms with Crippen LogP contribution in [0.5, 0.6) is 0 Å². The van der Waals surface area contributed by atoms with Gasteiger partial charge >= 0.3 is 0 Å². The Morgan fingerprint density at radius 1 is 1.53 bits per heavy atom. The average Bonchev–Trinajstić information content (AvgIpc) is 2.17. The van der Waals surface area contributed by atoms with Gasteiger partial charge in [-0.1, -0.05) is 11.8 Å². The molecule has 2 rings (SSSR count). The van der Waals surface area contributed by atoms with E-state index in [1.165, 1.54) is 12.2 Å². The maximum Gasteiger partial charge on any atom is 0.156 e. The Hall–Kier alpha value is -0.220. The molecule has 15 heavy (non-hydrogen) atoms. The highest BCUT2D eigenvalue weighted by Crippen LogP contribution is 2.24. The lowest BCUT2D eigenvalue weighted by atomic mass is 9.94. The predicted octanol–water partition coefficient (Wildman–Crippen LogP) is 2.03. The highest BCUT2D eigenvalue weighted by molar-refractivity contribution is 8.13. The molecule has 4 heteroatoms. The van der Waals surface area contributed by atoms with E-state index in [2.05, 4.69) is 24.2 Å². The summed E-state index contributed by atoms with van der Waals surface area (Å²) < 4.78 is 5.70. The molecule has 0 saturated carbocycles. The van der Waals surface area contributed by atoms with E-state index < -0.39 is 0 Å². The molecular weight excluding hydrogens is 208 g/mol. The van der Waals surface area contributed by atoms with E-state index in [9.17, 15) is 0 Å². The molecule has 1 fully saturated rings. The third kappa shape index (κ3) is 3.38. The number of hydrogen-bond donors (Lipinski definition) is 1. The van der Waals surface area contributed by atoms with E-state index in [1.54, 1.807) is 0 Å². The van der Waals surface area contributed by atoms with Gasteiger partial charge in [-0.3, -0.25) is 4.99 Å². The van der Waals surface area contributed by atoms with Crippen molar-refractivity contribution in [3.8, 4) is 0 Å². The molecule has 2 aliphatic rings. The lowest BCUT2D eigenvalue weighted by molar-refractivity contribution is -0.0603. The van der Waals surface area contributed by atoms with Crippen LogP contribution in [0.15, 0.2) is 4.99 Å². The maximum atomic E-state index is 5.70. The van der Waals surface area contributed by atoms with Crippen molar-refractivity contribution in [3.63, 3.8) is 0 Å². The van der Waals surface area contributed by atoms with E-state index >= 15 is 0 Å². The van der Waals surface area contributed by atoms with Crippen molar-refractivity contribution in [1.29, 1.82) is 0 Å². The Bertz CT molecular complexity index is 253. The van der Waals surface area contributed by atoms with Gasteiger partial charge in [-0.2, -0.15) is 0 Å². The van der Waals surface area contributed by atoms with E-state index in [4.69, 9.17) is 4.74 Å². The molecule has 2 aliphatic heterocycles. The molecular formula is C11H20N2OS. The number of hydrogen-bond acceptors (Lipinski definition) is 4. The van der Waals surface area contributed by atoms with Crippen molar-refractivity contribution in [3.05, 3.63) is 0 Å². The average molecular weight is 228 g/mol. The molecule has 0 aromatic rings. The van der Waals surface area contributed by atoms with Gasteiger partial charge in [0.15, 0.2) is 5.17 Å². The van der Waals surface area contributed by atoms with E-state index in [0.29, 0.717) is 6.04 Å². The van der Waals surface area contributed by atoms with Crippen molar-refractivity contribution >= 4 is 16.9 Å². The lowest BCUT2D eigenvalue weighted by Gasteiger charge is -2.36. The summed E-state index contributed by atoms with van der Waals surface area (Å²) in [7, 11) is 0. The van der Waals surface area contributed by atoms with Crippen LogP contribution in [0.3, 0.4) is 0 Å². The summed E-state index contributed by atoms with van der Waals surface area (Å²) in [6, 6.07) is 0.540.